The summed E-state index contributed by atoms with van der Waals surface area (Å²) in [6.45, 7) is 4.59. The Morgan fingerprint density at radius 3 is 2.71 bits per heavy atom. The Morgan fingerprint density at radius 2 is 2.18 bits per heavy atom. The van der Waals surface area contributed by atoms with Gasteiger partial charge in [0.05, 0.1) is 7.11 Å². The third kappa shape index (κ3) is 2.48. The minimum atomic E-state index is 0.188. The van der Waals surface area contributed by atoms with Gasteiger partial charge in [0, 0.05) is 17.8 Å². The molecule has 0 spiro atoms. The lowest BCUT2D eigenvalue weighted by Gasteiger charge is -2.28. The van der Waals surface area contributed by atoms with Crippen LogP contribution >= 0.6 is 0 Å². The van der Waals surface area contributed by atoms with E-state index in [1.54, 1.807) is 19.2 Å². The second-order valence-electron chi connectivity index (χ2n) is 5.46. The van der Waals surface area contributed by atoms with Crippen molar-refractivity contribution in [3.05, 3.63) is 18.2 Å². The lowest BCUT2D eigenvalue weighted by atomic mass is 9.87. The maximum Gasteiger partial charge on any atom is 0.160 e. The van der Waals surface area contributed by atoms with Crippen LogP contribution in [0.3, 0.4) is 0 Å². The molecule has 3 nitrogen and oxygen atoms in total. The van der Waals surface area contributed by atoms with Crippen molar-refractivity contribution in [2.75, 3.05) is 12.4 Å². The fraction of sp³-hybridized carbons (Fsp3) is 0.571. The zero-order chi connectivity index (χ0) is 12.5. The number of benzene rings is 1. The van der Waals surface area contributed by atoms with Crippen LogP contribution in [-0.2, 0) is 0 Å². The molecular formula is C14H21NO2. The third-order valence-corrected chi connectivity index (χ3v) is 3.78. The number of anilines is 1. The predicted molar refractivity (Wildman–Crippen MR) is 69.7 cm³/mol. The molecule has 1 aromatic rings. The summed E-state index contributed by atoms with van der Waals surface area (Å²) in [6, 6.07) is 5.95. The van der Waals surface area contributed by atoms with Crippen LogP contribution in [0.2, 0.25) is 0 Å². The number of hydrogen-bond donors (Lipinski definition) is 2. The molecule has 3 heteroatoms. The van der Waals surface area contributed by atoms with Crippen LogP contribution in [-0.4, -0.2) is 18.3 Å². The van der Waals surface area contributed by atoms with Gasteiger partial charge in [-0.15, -0.1) is 0 Å². The molecule has 1 unspecified atom stereocenters. The van der Waals surface area contributed by atoms with E-state index in [4.69, 9.17) is 4.74 Å². The lowest BCUT2D eigenvalue weighted by Crippen LogP contribution is -2.30. The lowest BCUT2D eigenvalue weighted by molar-refractivity contribution is 0.349. The molecule has 94 valence electrons. The second kappa shape index (κ2) is 4.47. The van der Waals surface area contributed by atoms with Crippen LogP contribution in [0.25, 0.3) is 0 Å². The zero-order valence-electron chi connectivity index (χ0n) is 10.8. The van der Waals surface area contributed by atoms with Gasteiger partial charge in [0.2, 0.25) is 0 Å². The van der Waals surface area contributed by atoms with Gasteiger partial charge in [0.15, 0.2) is 11.5 Å². The number of phenolic OH excluding ortho intramolecular Hbond substituents is 1. The zero-order valence-corrected chi connectivity index (χ0v) is 10.8. The number of methoxy groups -OCH3 is 1. The molecule has 0 heterocycles. The van der Waals surface area contributed by atoms with Gasteiger partial charge < -0.3 is 15.2 Å². The highest BCUT2D eigenvalue weighted by Gasteiger charge is 2.34. The van der Waals surface area contributed by atoms with Gasteiger partial charge in [-0.3, -0.25) is 0 Å². The maximum atomic E-state index is 9.73. The van der Waals surface area contributed by atoms with Crippen molar-refractivity contribution in [3.63, 3.8) is 0 Å². The molecule has 1 aromatic carbocycles. The van der Waals surface area contributed by atoms with Crippen molar-refractivity contribution < 1.29 is 9.84 Å². The largest absolute Gasteiger partial charge is 0.504 e. The Hall–Kier alpha value is -1.38. The molecule has 0 aromatic heterocycles. The first-order valence-corrected chi connectivity index (χ1v) is 6.16. The second-order valence-corrected chi connectivity index (χ2v) is 5.46. The highest BCUT2D eigenvalue weighted by molar-refractivity contribution is 5.54. The van der Waals surface area contributed by atoms with Crippen LogP contribution < -0.4 is 10.1 Å². The molecule has 17 heavy (non-hydrogen) atoms. The molecule has 1 aliphatic carbocycles. The van der Waals surface area contributed by atoms with Crippen molar-refractivity contribution in [2.24, 2.45) is 5.41 Å². The maximum absolute atomic E-state index is 9.73. The molecule has 1 atom stereocenters. The molecule has 0 aliphatic heterocycles. The van der Waals surface area contributed by atoms with Crippen LogP contribution in [0.15, 0.2) is 18.2 Å². The van der Waals surface area contributed by atoms with E-state index < -0.39 is 0 Å². The Bertz CT molecular complexity index is 401. The van der Waals surface area contributed by atoms with Crippen molar-refractivity contribution >= 4 is 5.69 Å². The number of phenols is 1. The van der Waals surface area contributed by atoms with E-state index in [2.05, 4.69) is 19.2 Å². The normalized spacial score (nSPS) is 22.4. The highest BCUT2D eigenvalue weighted by Crippen LogP contribution is 2.39. The Labute approximate surface area is 103 Å². The molecular weight excluding hydrogens is 214 g/mol. The molecule has 0 radical (unpaired) electrons. The summed E-state index contributed by atoms with van der Waals surface area (Å²) in [5.74, 6) is 0.703. The van der Waals surface area contributed by atoms with E-state index in [0.29, 0.717) is 17.2 Å². The van der Waals surface area contributed by atoms with Crippen LogP contribution in [0.5, 0.6) is 11.5 Å². The summed E-state index contributed by atoms with van der Waals surface area (Å²) in [4.78, 5) is 0. The van der Waals surface area contributed by atoms with E-state index in [0.717, 1.165) is 5.69 Å². The predicted octanol–water partition coefficient (Wildman–Crippen LogP) is 3.39. The molecule has 0 saturated heterocycles. The standard InChI is InChI=1S/C14H21NO2/c1-14(2)8-4-5-13(14)15-10-6-7-12(17-3)11(16)9-10/h6-7,9,13,15-16H,4-5,8H2,1-3H3. The van der Waals surface area contributed by atoms with Gasteiger partial charge in [0.1, 0.15) is 0 Å². The number of hydrogen-bond acceptors (Lipinski definition) is 3. The van der Waals surface area contributed by atoms with Crippen molar-refractivity contribution in [3.8, 4) is 11.5 Å². The molecule has 1 saturated carbocycles. The summed E-state index contributed by atoms with van der Waals surface area (Å²) in [6.07, 6.45) is 3.72. The highest BCUT2D eigenvalue weighted by atomic mass is 16.5. The number of ether oxygens (including phenoxy) is 1. The molecule has 2 rings (SSSR count). The minimum absolute atomic E-state index is 0.188. The fourth-order valence-electron chi connectivity index (χ4n) is 2.58. The third-order valence-electron chi connectivity index (χ3n) is 3.78. The summed E-state index contributed by atoms with van der Waals surface area (Å²) < 4.78 is 5.03. The Kier molecular flexibility index (Phi) is 3.18. The van der Waals surface area contributed by atoms with E-state index in [1.165, 1.54) is 19.3 Å². The first kappa shape index (κ1) is 12.1. The van der Waals surface area contributed by atoms with Crippen molar-refractivity contribution in [1.29, 1.82) is 0 Å². The topological polar surface area (TPSA) is 41.5 Å². The number of rotatable bonds is 3. The molecule has 2 N–H and O–H groups in total. The number of nitrogens with one attached hydrogen (secondary N) is 1. The smallest absolute Gasteiger partial charge is 0.160 e. The van der Waals surface area contributed by atoms with Gasteiger partial charge in [-0.2, -0.15) is 0 Å². The monoisotopic (exact) mass is 235 g/mol. The van der Waals surface area contributed by atoms with Gasteiger partial charge in [-0.25, -0.2) is 0 Å². The molecule has 1 fully saturated rings. The number of aromatic hydroxyl groups is 1. The quantitative estimate of drug-likeness (QED) is 0.843. The van der Waals surface area contributed by atoms with E-state index >= 15 is 0 Å². The average molecular weight is 235 g/mol. The SMILES string of the molecule is COc1ccc(NC2CCCC2(C)C)cc1O. The van der Waals surface area contributed by atoms with E-state index in [-0.39, 0.29) is 5.75 Å². The molecule has 1 aliphatic rings. The first-order valence-electron chi connectivity index (χ1n) is 6.16. The van der Waals surface area contributed by atoms with Crippen LogP contribution in [0.1, 0.15) is 33.1 Å². The Balaban J connectivity index is 2.11. The van der Waals surface area contributed by atoms with Crippen molar-refractivity contribution in [2.45, 2.75) is 39.2 Å². The summed E-state index contributed by atoms with van der Waals surface area (Å²) in [5.41, 5.74) is 1.29. The van der Waals surface area contributed by atoms with Gasteiger partial charge in [-0.05, 0) is 30.4 Å². The average Bonchev–Trinajstić information content (AvgIpc) is 2.59. The van der Waals surface area contributed by atoms with Gasteiger partial charge in [-0.1, -0.05) is 20.3 Å². The van der Waals surface area contributed by atoms with Crippen LogP contribution in [0, 0.1) is 5.41 Å². The molecule has 0 amide bonds. The van der Waals surface area contributed by atoms with E-state index in [1.807, 2.05) is 6.07 Å². The Morgan fingerprint density at radius 1 is 1.41 bits per heavy atom. The first-order chi connectivity index (χ1) is 8.03. The van der Waals surface area contributed by atoms with Gasteiger partial charge >= 0.3 is 0 Å². The minimum Gasteiger partial charge on any atom is -0.504 e. The summed E-state index contributed by atoms with van der Waals surface area (Å²) in [5, 5.41) is 13.2. The van der Waals surface area contributed by atoms with Gasteiger partial charge in [0.25, 0.3) is 0 Å². The van der Waals surface area contributed by atoms with E-state index in [9.17, 15) is 5.11 Å². The summed E-state index contributed by atoms with van der Waals surface area (Å²) >= 11 is 0. The molecule has 0 bridgehead atoms. The van der Waals surface area contributed by atoms with Crippen molar-refractivity contribution in [1.82, 2.24) is 0 Å². The fourth-order valence-corrected chi connectivity index (χ4v) is 2.58. The summed E-state index contributed by atoms with van der Waals surface area (Å²) in [7, 11) is 1.56. The van der Waals surface area contributed by atoms with Crippen LogP contribution in [0.4, 0.5) is 5.69 Å².